The van der Waals surface area contributed by atoms with Crippen LogP contribution in [0.25, 0.3) is 0 Å². The van der Waals surface area contributed by atoms with Crippen molar-refractivity contribution in [1.82, 2.24) is 9.80 Å². The van der Waals surface area contributed by atoms with E-state index >= 15 is 0 Å². The summed E-state index contributed by atoms with van der Waals surface area (Å²) in [4.78, 5) is 40.4. The third-order valence-electron chi connectivity index (χ3n) is 3.58. The summed E-state index contributed by atoms with van der Waals surface area (Å²) in [7, 11) is -10.3. The highest BCUT2D eigenvalue weighted by Gasteiger charge is 2.67. The second-order valence-electron chi connectivity index (χ2n) is 4.61. The van der Waals surface area contributed by atoms with Crippen molar-refractivity contribution in [3.8, 4) is 0 Å². The second-order valence-corrected chi connectivity index (χ2v) is 8.62. The molecule has 1 aliphatic heterocycles. The minimum atomic E-state index is -5.14. The smallest absolute Gasteiger partial charge is 0.344 e. The Kier molecular flexibility index (Phi) is 5.07. The standard InChI is InChI=1S/C9H21N3O6P2/c1-3-11(4-2)8(10)12-7-5-6-9(12,19(13,14)15)20(16,17)18/h10H,3-7H2,1-2H3,(H2,13,14,15)(H2,16,17,18). The molecule has 5 N–H and O–H groups in total. The predicted molar refractivity (Wildman–Crippen MR) is 73.4 cm³/mol. The lowest BCUT2D eigenvalue weighted by Gasteiger charge is -2.42. The molecule has 0 atom stereocenters. The Morgan fingerprint density at radius 1 is 1.20 bits per heavy atom. The van der Waals surface area contributed by atoms with Crippen molar-refractivity contribution in [1.29, 1.82) is 5.41 Å². The van der Waals surface area contributed by atoms with Gasteiger partial charge in [0.25, 0.3) is 0 Å². The Morgan fingerprint density at radius 2 is 1.65 bits per heavy atom. The van der Waals surface area contributed by atoms with Gasteiger partial charge in [0.1, 0.15) is 0 Å². The molecule has 0 aromatic heterocycles. The van der Waals surface area contributed by atoms with Gasteiger partial charge in [0, 0.05) is 19.6 Å². The zero-order valence-electron chi connectivity index (χ0n) is 11.4. The first kappa shape index (κ1) is 17.6. The van der Waals surface area contributed by atoms with Crippen LogP contribution < -0.4 is 0 Å². The second kappa shape index (κ2) is 5.75. The van der Waals surface area contributed by atoms with Crippen LogP contribution in [0.4, 0.5) is 0 Å². The maximum atomic E-state index is 11.8. The summed E-state index contributed by atoms with van der Waals surface area (Å²) in [6.07, 6.45) is -0.134. The fourth-order valence-corrected chi connectivity index (χ4v) is 5.81. The van der Waals surface area contributed by atoms with Gasteiger partial charge in [-0.25, -0.2) is 0 Å². The Hall–Kier alpha value is -0.430. The van der Waals surface area contributed by atoms with Crippen molar-refractivity contribution in [2.45, 2.75) is 31.7 Å². The first-order valence-corrected chi connectivity index (χ1v) is 9.47. The molecule has 0 radical (unpaired) electrons. The van der Waals surface area contributed by atoms with Gasteiger partial charge in [-0.3, -0.25) is 14.5 Å². The van der Waals surface area contributed by atoms with Crippen LogP contribution in [0.2, 0.25) is 0 Å². The largest absolute Gasteiger partial charge is 0.363 e. The molecule has 0 aromatic rings. The topological polar surface area (TPSA) is 145 Å². The monoisotopic (exact) mass is 329 g/mol. The van der Waals surface area contributed by atoms with Gasteiger partial charge in [-0.2, -0.15) is 0 Å². The first-order chi connectivity index (χ1) is 9.03. The SMILES string of the molecule is CCN(CC)C(=N)N1CCCC1(P(=O)(O)O)P(=O)(O)O. The molecule has 0 aliphatic carbocycles. The molecule has 11 heteroatoms. The van der Waals surface area contributed by atoms with Crippen molar-refractivity contribution in [3.63, 3.8) is 0 Å². The third kappa shape index (κ3) is 2.66. The minimum absolute atomic E-state index is 0.0333. The Morgan fingerprint density at radius 3 is 2.00 bits per heavy atom. The lowest BCUT2D eigenvalue weighted by Crippen LogP contribution is -2.52. The number of nitrogens with one attached hydrogen (secondary N) is 1. The molecule has 1 rings (SSSR count). The molecular weight excluding hydrogens is 308 g/mol. The van der Waals surface area contributed by atoms with E-state index in [1.165, 1.54) is 4.90 Å². The summed E-state index contributed by atoms with van der Waals surface area (Å²) in [5.74, 6) is -0.265. The molecule has 0 aromatic carbocycles. The van der Waals surface area contributed by atoms with E-state index in [2.05, 4.69) is 0 Å². The van der Waals surface area contributed by atoms with Crippen LogP contribution in [0.5, 0.6) is 0 Å². The van der Waals surface area contributed by atoms with Crippen molar-refractivity contribution < 1.29 is 28.7 Å². The van der Waals surface area contributed by atoms with Crippen LogP contribution in [0, 0.1) is 5.41 Å². The number of rotatable bonds is 4. The molecular formula is C9H21N3O6P2. The van der Waals surface area contributed by atoms with Crippen LogP contribution in [0.1, 0.15) is 26.7 Å². The summed E-state index contributed by atoms with van der Waals surface area (Å²) in [6.45, 7) is 4.36. The van der Waals surface area contributed by atoms with Crippen LogP contribution in [0.3, 0.4) is 0 Å². The molecule has 0 bridgehead atoms. The van der Waals surface area contributed by atoms with Gasteiger partial charge in [0.2, 0.25) is 5.02 Å². The molecule has 20 heavy (non-hydrogen) atoms. The zero-order valence-corrected chi connectivity index (χ0v) is 13.2. The highest BCUT2D eigenvalue weighted by Crippen LogP contribution is 2.73. The molecule has 0 saturated carbocycles. The molecule has 1 saturated heterocycles. The quantitative estimate of drug-likeness (QED) is 0.282. The fraction of sp³-hybridized carbons (Fsp3) is 0.889. The number of hydrogen-bond donors (Lipinski definition) is 5. The van der Waals surface area contributed by atoms with E-state index in [9.17, 15) is 28.7 Å². The molecule has 0 amide bonds. The van der Waals surface area contributed by atoms with E-state index in [-0.39, 0.29) is 25.3 Å². The lowest BCUT2D eigenvalue weighted by atomic mass is 10.4. The van der Waals surface area contributed by atoms with Gasteiger partial charge in [-0.05, 0) is 26.7 Å². The van der Waals surface area contributed by atoms with E-state index in [1.54, 1.807) is 13.8 Å². The molecule has 118 valence electrons. The van der Waals surface area contributed by atoms with Crippen molar-refractivity contribution >= 4 is 21.2 Å². The number of hydrogen-bond acceptors (Lipinski definition) is 3. The summed E-state index contributed by atoms with van der Waals surface area (Å²) in [5, 5.41) is 5.41. The van der Waals surface area contributed by atoms with E-state index in [1.807, 2.05) is 0 Å². The number of likely N-dealkylation sites (tertiary alicyclic amines) is 1. The zero-order chi connectivity index (χ0) is 15.8. The first-order valence-electron chi connectivity index (χ1n) is 6.25. The highest BCUT2D eigenvalue weighted by atomic mass is 31.2. The molecule has 9 nitrogen and oxygen atoms in total. The maximum absolute atomic E-state index is 11.8. The molecule has 1 aliphatic rings. The van der Waals surface area contributed by atoms with Crippen LogP contribution >= 0.6 is 15.2 Å². The van der Waals surface area contributed by atoms with Gasteiger partial charge in [-0.15, -0.1) is 0 Å². The van der Waals surface area contributed by atoms with Crippen LogP contribution in [-0.4, -0.2) is 60.0 Å². The Balaban J connectivity index is 3.35. The molecule has 1 heterocycles. The average Bonchev–Trinajstić information content (AvgIpc) is 2.74. The van der Waals surface area contributed by atoms with Crippen LogP contribution in [0.15, 0.2) is 0 Å². The Labute approximate surface area is 117 Å². The fourth-order valence-electron chi connectivity index (χ4n) is 2.53. The summed E-state index contributed by atoms with van der Waals surface area (Å²) in [5.41, 5.74) is 0. The van der Waals surface area contributed by atoms with E-state index in [0.29, 0.717) is 13.1 Å². The average molecular weight is 329 g/mol. The number of guanidine groups is 1. The third-order valence-corrected chi connectivity index (χ3v) is 7.94. The van der Waals surface area contributed by atoms with Crippen molar-refractivity contribution in [2.24, 2.45) is 0 Å². The maximum Gasteiger partial charge on any atom is 0.363 e. The molecule has 0 unspecified atom stereocenters. The summed E-state index contributed by atoms with van der Waals surface area (Å²) in [6, 6.07) is 0. The lowest BCUT2D eigenvalue weighted by molar-refractivity contribution is 0.234. The van der Waals surface area contributed by atoms with Gasteiger partial charge in [0.15, 0.2) is 5.96 Å². The minimum Gasteiger partial charge on any atom is -0.344 e. The summed E-state index contributed by atoms with van der Waals surface area (Å²) < 4.78 is 23.5. The molecule has 1 fully saturated rings. The summed E-state index contributed by atoms with van der Waals surface area (Å²) >= 11 is 0. The van der Waals surface area contributed by atoms with Gasteiger partial charge >= 0.3 is 15.2 Å². The van der Waals surface area contributed by atoms with Crippen LogP contribution in [-0.2, 0) is 9.13 Å². The normalized spacial score (nSPS) is 19.2. The Bertz CT molecular complexity index is 446. The predicted octanol–water partition coefficient (Wildman–Crippen LogP) is 0.368. The van der Waals surface area contributed by atoms with E-state index in [0.717, 1.165) is 4.90 Å². The van der Waals surface area contributed by atoms with Gasteiger partial charge < -0.3 is 29.4 Å². The van der Waals surface area contributed by atoms with Crippen molar-refractivity contribution in [2.75, 3.05) is 19.6 Å². The number of nitrogens with zero attached hydrogens (tertiary/aromatic N) is 2. The van der Waals surface area contributed by atoms with Gasteiger partial charge in [0.05, 0.1) is 0 Å². The van der Waals surface area contributed by atoms with Crippen molar-refractivity contribution in [3.05, 3.63) is 0 Å². The highest BCUT2D eigenvalue weighted by molar-refractivity contribution is 7.72. The van der Waals surface area contributed by atoms with Gasteiger partial charge in [-0.1, -0.05) is 0 Å². The van der Waals surface area contributed by atoms with E-state index in [4.69, 9.17) is 5.41 Å². The van der Waals surface area contributed by atoms with E-state index < -0.39 is 20.2 Å². The molecule has 0 spiro atoms.